The van der Waals surface area contributed by atoms with Gasteiger partial charge in [0, 0.05) is 43.3 Å². The van der Waals surface area contributed by atoms with Crippen LogP contribution in [0.4, 0.5) is 0 Å². The first kappa shape index (κ1) is 19.7. The highest BCUT2D eigenvalue weighted by atomic mass is 35.5. The number of rotatable bonds is 4. The van der Waals surface area contributed by atoms with Crippen molar-refractivity contribution in [3.63, 3.8) is 0 Å². The van der Waals surface area contributed by atoms with E-state index in [-0.39, 0.29) is 25.1 Å². The predicted octanol–water partition coefficient (Wildman–Crippen LogP) is 2.96. The van der Waals surface area contributed by atoms with E-state index in [1.54, 1.807) is 17.4 Å². The molecule has 27 heavy (non-hydrogen) atoms. The Labute approximate surface area is 168 Å². The molecule has 2 aromatic rings. The van der Waals surface area contributed by atoms with Crippen LogP contribution in [0.2, 0.25) is 0 Å². The fraction of sp³-hybridized carbons (Fsp3) is 0.368. The molecule has 8 heteroatoms. The van der Waals surface area contributed by atoms with Crippen LogP contribution in [0.1, 0.15) is 16.3 Å². The Morgan fingerprint density at radius 1 is 1.22 bits per heavy atom. The Kier molecular flexibility index (Phi) is 6.36. The second kappa shape index (κ2) is 8.73. The number of ether oxygens (including phenoxy) is 2. The molecule has 0 spiro atoms. The molecule has 1 saturated heterocycles. The van der Waals surface area contributed by atoms with Crippen molar-refractivity contribution in [3.8, 4) is 11.5 Å². The number of benzene rings is 1. The Hall–Kier alpha value is -2.09. The van der Waals surface area contributed by atoms with Crippen LogP contribution in [-0.2, 0) is 11.3 Å². The summed E-state index contributed by atoms with van der Waals surface area (Å²) >= 11 is 1.70. The molecule has 6 nitrogen and oxygen atoms in total. The number of amides is 1. The van der Waals surface area contributed by atoms with Gasteiger partial charge in [-0.2, -0.15) is 0 Å². The molecule has 1 aromatic carbocycles. The minimum absolute atomic E-state index is 0. The average molecular weight is 408 g/mol. The number of aromatic nitrogens is 1. The van der Waals surface area contributed by atoms with Crippen LogP contribution in [0.25, 0.3) is 6.08 Å². The van der Waals surface area contributed by atoms with E-state index in [1.807, 2.05) is 36.1 Å². The zero-order chi connectivity index (χ0) is 17.9. The molecule has 1 fully saturated rings. The van der Waals surface area contributed by atoms with E-state index in [2.05, 4.69) is 15.3 Å². The van der Waals surface area contributed by atoms with Crippen molar-refractivity contribution in [1.29, 1.82) is 0 Å². The fourth-order valence-electron chi connectivity index (χ4n) is 3.08. The highest BCUT2D eigenvalue weighted by molar-refractivity contribution is 7.09. The molecule has 4 rings (SSSR count). The summed E-state index contributed by atoms with van der Waals surface area (Å²) in [5.74, 6) is 1.53. The molecular weight excluding hydrogens is 386 g/mol. The van der Waals surface area contributed by atoms with E-state index < -0.39 is 0 Å². The van der Waals surface area contributed by atoms with Crippen molar-refractivity contribution in [2.45, 2.75) is 13.5 Å². The molecule has 0 N–H and O–H groups in total. The Bertz CT molecular complexity index is 831. The number of nitrogens with zero attached hydrogens (tertiary/aromatic N) is 3. The zero-order valence-corrected chi connectivity index (χ0v) is 16.7. The minimum Gasteiger partial charge on any atom is -0.454 e. The van der Waals surface area contributed by atoms with Crippen LogP contribution in [0.3, 0.4) is 0 Å². The van der Waals surface area contributed by atoms with Crippen LogP contribution < -0.4 is 9.47 Å². The molecular formula is C19H22ClN3O3S. The SMILES string of the molecule is Cc1csc(CN2CCN(C(=O)/C=C/c3ccc4c(c3)OCO4)CC2)n1.Cl. The number of thiazole rings is 1. The molecule has 0 unspecified atom stereocenters. The van der Waals surface area contributed by atoms with E-state index in [1.165, 1.54) is 0 Å². The largest absolute Gasteiger partial charge is 0.454 e. The van der Waals surface area contributed by atoms with Gasteiger partial charge in [0.2, 0.25) is 12.7 Å². The summed E-state index contributed by atoms with van der Waals surface area (Å²) in [4.78, 5) is 21.2. The van der Waals surface area contributed by atoms with Gasteiger partial charge in [-0.1, -0.05) is 6.07 Å². The van der Waals surface area contributed by atoms with Gasteiger partial charge in [0.1, 0.15) is 5.01 Å². The molecule has 0 atom stereocenters. The number of carbonyl (C=O) groups excluding carboxylic acids is 1. The molecule has 2 aliphatic heterocycles. The van der Waals surface area contributed by atoms with Gasteiger partial charge in [-0.3, -0.25) is 9.69 Å². The number of piperazine rings is 1. The molecule has 2 aliphatic rings. The monoisotopic (exact) mass is 407 g/mol. The summed E-state index contributed by atoms with van der Waals surface area (Å²) in [6.07, 6.45) is 3.46. The molecule has 0 radical (unpaired) electrons. The summed E-state index contributed by atoms with van der Waals surface area (Å²) in [5, 5.41) is 3.22. The number of aryl methyl sites for hydroxylation is 1. The van der Waals surface area contributed by atoms with Gasteiger partial charge in [0.25, 0.3) is 0 Å². The third kappa shape index (κ3) is 4.80. The van der Waals surface area contributed by atoms with Gasteiger partial charge in [-0.05, 0) is 30.7 Å². The maximum absolute atomic E-state index is 12.4. The number of fused-ring (bicyclic) bond motifs is 1. The van der Waals surface area contributed by atoms with E-state index in [0.29, 0.717) is 0 Å². The Morgan fingerprint density at radius 2 is 2.00 bits per heavy atom. The van der Waals surface area contributed by atoms with Gasteiger partial charge in [0.15, 0.2) is 11.5 Å². The third-order valence-corrected chi connectivity index (χ3v) is 5.48. The van der Waals surface area contributed by atoms with Crippen molar-refractivity contribution in [3.05, 3.63) is 45.9 Å². The summed E-state index contributed by atoms with van der Waals surface area (Å²) in [6, 6.07) is 5.68. The Balaban J connectivity index is 0.00000210. The quantitative estimate of drug-likeness (QED) is 0.729. The van der Waals surface area contributed by atoms with Gasteiger partial charge < -0.3 is 14.4 Å². The molecule has 144 valence electrons. The van der Waals surface area contributed by atoms with E-state index in [0.717, 1.165) is 60.5 Å². The lowest BCUT2D eigenvalue weighted by molar-refractivity contribution is -0.127. The van der Waals surface area contributed by atoms with Crippen LogP contribution in [0, 0.1) is 6.92 Å². The number of halogens is 1. The van der Waals surface area contributed by atoms with Crippen molar-refractivity contribution < 1.29 is 14.3 Å². The average Bonchev–Trinajstić information content (AvgIpc) is 3.28. The van der Waals surface area contributed by atoms with E-state index >= 15 is 0 Å². The van der Waals surface area contributed by atoms with Gasteiger partial charge >= 0.3 is 0 Å². The number of carbonyl (C=O) groups is 1. The maximum Gasteiger partial charge on any atom is 0.246 e. The lowest BCUT2D eigenvalue weighted by Crippen LogP contribution is -2.47. The standard InChI is InChI=1S/C19H21N3O3S.ClH/c1-14-12-26-18(20-14)11-21-6-8-22(9-7-21)19(23)5-3-15-2-4-16-17(10-15)25-13-24-16;/h2-5,10,12H,6-9,11,13H2,1H3;1H/b5-3+;. The number of hydrogen-bond donors (Lipinski definition) is 0. The van der Waals surface area contributed by atoms with Crippen molar-refractivity contribution in [2.24, 2.45) is 0 Å². The van der Waals surface area contributed by atoms with Crippen LogP contribution in [0.15, 0.2) is 29.7 Å². The van der Waals surface area contributed by atoms with Gasteiger partial charge in [-0.15, -0.1) is 23.7 Å². The van der Waals surface area contributed by atoms with E-state index in [9.17, 15) is 4.79 Å². The van der Waals surface area contributed by atoms with Gasteiger partial charge in [0.05, 0.1) is 6.54 Å². The minimum atomic E-state index is 0. The first-order chi connectivity index (χ1) is 12.7. The normalized spacial score (nSPS) is 16.6. The molecule has 0 aliphatic carbocycles. The summed E-state index contributed by atoms with van der Waals surface area (Å²) < 4.78 is 10.7. The van der Waals surface area contributed by atoms with Crippen molar-refractivity contribution in [1.82, 2.24) is 14.8 Å². The first-order valence-corrected chi connectivity index (χ1v) is 9.55. The predicted molar refractivity (Wildman–Crippen MR) is 108 cm³/mol. The highest BCUT2D eigenvalue weighted by Gasteiger charge is 2.20. The Morgan fingerprint density at radius 3 is 2.74 bits per heavy atom. The van der Waals surface area contributed by atoms with Crippen molar-refractivity contribution >= 4 is 35.7 Å². The van der Waals surface area contributed by atoms with Crippen LogP contribution >= 0.6 is 23.7 Å². The third-order valence-electron chi connectivity index (χ3n) is 4.52. The molecule has 0 saturated carbocycles. The molecule has 3 heterocycles. The first-order valence-electron chi connectivity index (χ1n) is 8.67. The fourth-order valence-corrected chi connectivity index (χ4v) is 3.90. The van der Waals surface area contributed by atoms with Crippen LogP contribution in [-0.4, -0.2) is 53.7 Å². The van der Waals surface area contributed by atoms with E-state index in [4.69, 9.17) is 9.47 Å². The van der Waals surface area contributed by atoms with Crippen LogP contribution in [0.5, 0.6) is 11.5 Å². The molecule has 1 amide bonds. The second-order valence-corrected chi connectivity index (χ2v) is 7.37. The summed E-state index contributed by atoms with van der Waals surface area (Å²) in [5.41, 5.74) is 2.01. The number of hydrogen-bond acceptors (Lipinski definition) is 6. The molecule has 0 bridgehead atoms. The smallest absolute Gasteiger partial charge is 0.246 e. The molecule has 1 aromatic heterocycles. The summed E-state index contributed by atoms with van der Waals surface area (Å²) in [6.45, 7) is 6.39. The maximum atomic E-state index is 12.4. The zero-order valence-electron chi connectivity index (χ0n) is 15.1. The van der Waals surface area contributed by atoms with Gasteiger partial charge in [-0.25, -0.2) is 4.98 Å². The van der Waals surface area contributed by atoms with Crippen molar-refractivity contribution in [2.75, 3.05) is 33.0 Å². The highest BCUT2D eigenvalue weighted by Crippen LogP contribution is 2.32. The lowest BCUT2D eigenvalue weighted by Gasteiger charge is -2.33. The lowest BCUT2D eigenvalue weighted by atomic mass is 10.2. The topological polar surface area (TPSA) is 54.9 Å². The summed E-state index contributed by atoms with van der Waals surface area (Å²) in [7, 11) is 0. The second-order valence-electron chi connectivity index (χ2n) is 6.43.